The fourth-order valence-corrected chi connectivity index (χ4v) is 13.3. The van der Waals surface area contributed by atoms with E-state index in [1.165, 1.54) is 111 Å². The molecule has 0 amide bonds. The Balaban J connectivity index is 0.944. The highest BCUT2D eigenvalue weighted by Gasteiger charge is 2.58. The molecular weight excluding hydrogens is 761 g/mol. The molecule has 0 radical (unpaired) electrons. The molecule has 0 unspecified atom stereocenters. The minimum Gasteiger partial charge on any atom is -0.311 e. The van der Waals surface area contributed by atoms with Gasteiger partial charge < -0.3 is 9.80 Å². The quantitative estimate of drug-likeness (QED) is 0.143. The molecule has 4 saturated carbocycles. The van der Waals surface area contributed by atoms with Gasteiger partial charge in [0, 0.05) is 45.0 Å². The summed E-state index contributed by atoms with van der Waals surface area (Å²) in [5, 5.41) is 0. The molecule has 4 fully saturated rings. The van der Waals surface area contributed by atoms with Gasteiger partial charge in [0.2, 0.25) is 0 Å². The summed E-state index contributed by atoms with van der Waals surface area (Å²) in [4.78, 5) is 4.86. The van der Waals surface area contributed by atoms with Gasteiger partial charge in [-0.2, -0.15) is 0 Å². The lowest BCUT2D eigenvalue weighted by Gasteiger charge is -2.62. The Morgan fingerprint density at radius 2 is 0.778 bits per heavy atom. The van der Waals surface area contributed by atoms with Crippen LogP contribution < -0.4 is 9.80 Å². The van der Waals surface area contributed by atoms with Crippen molar-refractivity contribution in [1.29, 1.82) is 0 Å². The van der Waals surface area contributed by atoms with E-state index < -0.39 is 0 Å². The van der Waals surface area contributed by atoms with E-state index in [0.717, 1.165) is 11.8 Å². The van der Waals surface area contributed by atoms with Crippen molar-refractivity contribution in [1.82, 2.24) is 0 Å². The first-order valence-electron chi connectivity index (χ1n) is 23.3. The highest BCUT2D eigenvalue weighted by molar-refractivity contribution is 5.90. The molecule has 0 spiro atoms. The number of hydrogen-bond acceptors (Lipinski definition) is 2. The van der Waals surface area contributed by atoms with E-state index in [1.54, 1.807) is 0 Å². The summed E-state index contributed by atoms with van der Waals surface area (Å²) in [6.45, 7) is 4.82. The van der Waals surface area contributed by atoms with Crippen LogP contribution in [0.5, 0.6) is 0 Å². The van der Waals surface area contributed by atoms with Crippen molar-refractivity contribution in [2.45, 2.75) is 56.8 Å². The molecule has 2 nitrogen and oxygen atoms in total. The van der Waals surface area contributed by atoms with E-state index in [4.69, 9.17) is 0 Å². The SMILES string of the molecule is CC1(C)c2cc(N(c3ccccc3)c3ccc(C4(c5ccc(N(c6ccccc6)c6ccccc6)cc5)C5CC6CC(C5)CC4C6)cc3)ccc2-c2cccc(-c3ccccc3)c21. The third-order valence-electron chi connectivity index (χ3n) is 15.7. The largest absolute Gasteiger partial charge is 0.311 e. The molecule has 0 aliphatic heterocycles. The number of fused-ring (bicyclic) bond motifs is 3. The lowest BCUT2D eigenvalue weighted by Crippen LogP contribution is -2.56. The molecule has 8 aromatic carbocycles. The summed E-state index contributed by atoms with van der Waals surface area (Å²) in [5.74, 6) is 3.05. The van der Waals surface area contributed by atoms with Crippen LogP contribution >= 0.6 is 0 Å². The fraction of sp³-hybridized carbons (Fsp3) is 0.213. The van der Waals surface area contributed by atoms with Crippen LogP contribution in [0.1, 0.15) is 68.2 Å². The van der Waals surface area contributed by atoms with Crippen molar-refractivity contribution >= 4 is 34.1 Å². The number of rotatable bonds is 9. The third-order valence-corrected chi connectivity index (χ3v) is 15.7. The summed E-state index contributed by atoms with van der Waals surface area (Å²) in [6, 6.07) is 77.2. The van der Waals surface area contributed by atoms with Gasteiger partial charge in [-0.25, -0.2) is 0 Å². The Hall–Kier alpha value is -6.64. The number of nitrogens with zero attached hydrogens (tertiary/aromatic N) is 2. The predicted molar refractivity (Wildman–Crippen MR) is 263 cm³/mol. The van der Waals surface area contributed by atoms with Gasteiger partial charge in [0.15, 0.2) is 0 Å². The van der Waals surface area contributed by atoms with Gasteiger partial charge in [-0.3, -0.25) is 0 Å². The Kier molecular flexibility index (Phi) is 9.08. The summed E-state index contributed by atoms with van der Waals surface area (Å²) < 4.78 is 0. The van der Waals surface area contributed by atoms with Crippen molar-refractivity contribution < 1.29 is 0 Å². The van der Waals surface area contributed by atoms with E-state index >= 15 is 0 Å². The average Bonchev–Trinajstić information content (AvgIpc) is 3.56. The number of anilines is 6. The topological polar surface area (TPSA) is 6.48 Å². The molecule has 5 aliphatic carbocycles. The minimum atomic E-state index is -0.167. The molecule has 0 saturated heterocycles. The molecule has 2 heteroatoms. The second kappa shape index (κ2) is 15.0. The lowest BCUT2D eigenvalue weighted by molar-refractivity contribution is -0.0418. The molecule has 0 heterocycles. The van der Waals surface area contributed by atoms with Crippen molar-refractivity contribution in [3.8, 4) is 22.3 Å². The minimum absolute atomic E-state index is 0.00773. The Labute approximate surface area is 373 Å². The zero-order valence-electron chi connectivity index (χ0n) is 36.4. The van der Waals surface area contributed by atoms with E-state index in [0.29, 0.717) is 11.8 Å². The zero-order valence-corrected chi connectivity index (χ0v) is 36.4. The number of para-hydroxylation sites is 3. The van der Waals surface area contributed by atoms with Gasteiger partial charge in [-0.15, -0.1) is 0 Å². The molecule has 13 rings (SSSR count). The van der Waals surface area contributed by atoms with Crippen LogP contribution in [0.15, 0.2) is 206 Å². The Morgan fingerprint density at radius 3 is 1.27 bits per heavy atom. The Morgan fingerprint density at radius 1 is 0.365 bits per heavy atom. The summed E-state index contributed by atoms with van der Waals surface area (Å²) >= 11 is 0. The highest BCUT2D eigenvalue weighted by atomic mass is 15.1. The summed E-state index contributed by atoms with van der Waals surface area (Å²) in [7, 11) is 0. The van der Waals surface area contributed by atoms with Crippen LogP contribution in [0.25, 0.3) is 22.3 Å². The van der Waals surface area contributed by atoms with Gasteiger partial charge in [-0.05, 0) is 173 Å². The van der Waals surface area contributed by atoms with Crippen LogP contribution in [0.3, 0.4) is 0 Å². The average molecular weight is 815 g/mol. The number of hydrogen-bond donors (Lipinski definition) is 0. The van der Waals surface area contributed by atoms with Crippen LogP contribution in [0.4, 0.5) is 34.1 Å². The first-order chi connectivity index (χ1) is 31.0. The normalized spacial score (nSPS) is 22.3. The maximum Gasteiger partial charge on any atom is 0.0465 e. The van der Waals surface area contributed by atoms with Gasteiger partial charge in [0.1, 0.15) is 0 Å². The third kappa shape index (κ3) is 6.13. The molecule has 4 bridgehead atoms. The predicted octanol–water partition coefficient (Wildman–Crippen LogP) is 16.3. The molecule has 0 aromatic heterocycles. The van der Waals surface area contributed by atoms with E-state index in [9.17, 15) is 0 Å². The van der Waals surface area contributed by atoms with Crippen LogP contribution in [-0.2, 0) is 10.8 Å². The Bertz CT molecular complexity index is 2830. The van der Waals surface area contributed by atoms with Gasteiger partial charge in [0.05, 0.1) is 0 Å². The highest BCUT2D eigenvalue weighted by Crippen LogP contribution is 2.65. The molecule has 0 atom stereocenters. The standard InChI is InChI=1S/C61H54N2/c1-60(2)58-41-54(34-35-56(58)57-25-15-24-55(59(57)60)44-16-7-3-8-17-44)63(51-22-13-6-14-23-51)53-32-28-46(29-33-53)61(47-37-42-36-43(39-47)40-48(61)38-42)45-26-30-52(31-27-45)62(49-18-9-4-10-19-49)50-20-11-5-12-21-50/h3-35,41-43,47-48H,36-40H2,1-2H3. The molecule has 0 N–H and O–H groups in total. The van der Waals surface area contributed by atoms with Gasteiger partial charge in [0.25, 0.3) is 0 Å². The zero-order chi connectivity index (χ0) is 42.1. The first kappa shape index (κ1) is 38.1. The molecule has 8 aromatic rings. The second-order valence-electron chi connectivity index (χ2n) is 19.4. The van der Waals surface area contributed by atoms with Crippen LogP contribution in [0, 0.1) is 23.7 Å². The number of benzene rings is 8. The van der Waals surface area contributed by atoms with Crippen molar-refractivity contribution in [2.75, 3.05) is 9.80 Å². The molecule has 63 heavy (non-hydrogen) atoms. The van der Waals surface area contributed by atoms with Crippen molar-refractivity contribution in [2.24, 2.45) is 23.7 Å². The van der Waals surface area contributed by atoms with Gasteiger partial charge >= 0.3 is 0 Å². The van der Waals surface area contributed by atoms with E-state index in [-0.39, 0.29) is 10.8 Å². The molecular formula is C61H54N2. The summed E-state index contributed by atoms with van der Waals surface area (Å²) in [5.41, 5.74) is 18.0. The van der Waals surface area contributed by atoms with Crippen molar-refractivity contribution in [3.63, 3.8) is 0 Å². The lowest BCUT2D eigenvalue weighted by atomic mass is 9.42. The van der Waals surface area contributed by atoms with E-state index in [1.807, 2.05) is 0 Å². The van der Waals surface area contributed by atoms with Crippen molar-refractivity contribution in [3.05, 3.63) is 229 Å². The van der Waals surface area contributed by atoms with Gasteiger partial charge in [-0.1, -0.05) is 147 Å². The maximum atomic E-state index is 2.51. The maximum absolute atomic E-state index is 2.51. The smallest absolute Gasteiger partial charge is 0.0465 e. The van der Waals surface area contributed by atoms with E-state index in [2.05, 4.69) is 230 Å². The summed E-state index contributed by atoms with van der Waals surface area (Å²) in [6.07, 6.45) is 6.79. The van der Waals surface area contributed by atoms with Crippen LogP contribution in [-0.4, -0.2) is 0 Å². The monoisotopic (exact) mass is 814 g/mol. The molecule has 5 aliphatic rings. The van der Waals surface area contributed by atoms with Crippen LogP contribution in [0.2, 0.25) is 0 Å². The molecule has 308 valence electrons. The second-order valence-corrected chi connectivity index (χ2v) is 19.4. The fourth-order valence-electron chi connectivity index (χ4n) is 13.3. The first-order valence-corrected chi connectivity index (χ1v) is 23.3.